The third kappa shape index (κ3) is 2.19. The van der Waals surface area contributed by atoms with Crippen molar-refractivity contribution in [3.05, 3.63) is 11.6 Å². The third-order valence-electron chi connectivity index (χ3n) is 1.89. The molecular formula is C8H15N. The van der Waals surface area contributed by atoms with Gasteiger partial charge < -0.3 is 5.32 Å². The molecule has 1 heteroatoms. The average Bonchev–Trinajstić information content (AvgIpc) is 1.97. The van der Waals surface area contributed by atoms with Gasteiger partial charge in [-0.15, -0.1) is 0 Å². The van der Waals surface area contributed by atoms with E-state index >= 15 is 0 Å². The fraction of sp³-hybridized carbons (Fsp3) is 0.750. The number of hydrogen-bond donors (Lipinski definition) is 1. The highest BCUT2D eigenvalue weighted by atomic mass is 14.9. The zero-order chi connectivity index (χ0) is 6.69. The van der Waals surface area contributed by atoms with Gasteiger partial charge in [0.05, 0.1) is 0 Å². The normalized spacial score (nSPS) is 29.1. The van der Waals surface area contributed by atoms with Crippen LogP contribution in [-0.2, 0) is 0 Å². The van der Waals surface area contributed by atoms with Gasteiger partial charge in [-0.05, 0) is 26.7 Å². The molecule has 1 unspecified atom stereocenters. The van der Waals surface area contributed by atoms with Crippen LogP contribution in [0.25, 0.3) is 0 Å². The molecule has 0 fully saturated rings. The van der Waals surface area contributed by atoms with Crippen LogP contribution in [0.2, 0.25) is 0 Å². The van der Waals surface area contributed by atoms with Crippen LogP contribution in [-0.4, -0.2) is 12.6 Å². The van der Waals surface area contributed by atoms with E-state index in [0.29, 0.717) is 6.04 Å². The molecule has 9 heavy (non-hydrogen) atoms. The van der Waals surface area contributed by atoms with Gasteiger partial charge in [0.1, 0.15) is 0 Å². The van der Waals surface area contributed by atoms with E-state index in [1.165, 1.54) is 18.4 Å². The molecule has 0 bridgehead atoms. The van der Waals surface area contributed by atoms with Crippen LogP contribution in [0.4, 0.5) is 0 Å². The Morgan fingerprint density at radius 1 is 1.67 bits per heavy atom. The molecule has 0 amide bonds. The Labute approximate surface area is 57.1 Å². The number of hydrogen-bond acceptors (Lipinski definition) is 1. The fourth-order valence-electron chi connectivity index (χ4n) is 1.08. The summed E-state index contributed by atoms with van der Waals surface area (Å²) in [5.74, 6) is 0. The lowest BCUT2D eigenvalue weighted by Gasteiger charge is -2.06. The Morgan fingerprint density at radius 3 is 3.22 bits per heavy atom. The summed E-state index contributed by atoms with van der Waals surface area (Å²) in [6, 6.07) is 0.707. The predicted octanol–water partition coefficient (Wildman–Crippen LogP) is 1.70. The quantitative estimate of drug-likeness (QED) is 0.486. The van der Waals surface area contributed by atoms with Crippen LogP contribution in [0.3, 0.4) is 0 Å². The molecule has 0 spiro atoms. The van der Waals surface area contributed by atoms with Crippen molar-refractivity contribution in [2.45, 2.75) is 32.7 Å². The van der Waals surface area contributed by atoms with Crippen LogP contribution in [0.5, 0.6) is 0 Å². The van der Waals surface area contributed by atoms with Crippen LogP contribution < -0.4 is 5.32 Å². The lowest BCUT2D eigenvalue weighted by molar-refractivity contribution is 0.557. The molecule has 1 atom stereocenters. The lowest BCUT2D eigenvalue weighted by atomic mass is 10.1. The van der Waals surface area contributed by atoms with Crippen LogP contribution in [0.1, 0.15) is 26.7 Å². The molecule has 0 aromatic rings. The molecule has 1 heterocycles. The van der Waals surface area contributed by atoms with Crippen molar-refractivity contribution < 1.29 is 0 Å². The summed E-state index contributed by atoms with van der Waals surface area (Å²) in [6.07, 6.45) is 4.85. The highest BCUT2D eigenvalue weighted by molar-refractivity contribution is 5.01. The van der Waals surface area contributed by atoms with Gasteiger partial charge in [0.15, 0.2) is 0 Å². The Kier molecular flexibility index (Phi) is 2.29. The average molecular weight is 125 g/mol. The second-order valence-corrected chi connectivity index (χ2v) is 2.90. The number of allylic oxidation sites excluding steroid dienone is 1. The van der Waals surface area contributed by atoms with Crippen molar-refractivity contribution >= 4 is 0 Å². The largest absolute Gasteiger partial charge is 0.311 e. The fourth-order valence-corrected chi connectivity index (χ4v) is 1.08. The smallest absolute Gasteiger partial charge is 0.0139 e. The first-order chi connectivity index (χ1) is 4.29. The first-order valence-corrected chi connectivity index (χ1v) is 3.68. The standard InChI is InChI=1S/C8H15N/c1-7-3-4-8(2)9-6-5-7/h5,8-9H,3-4,6H2,1-2H3. The van der Waals surface area contributed by atoms with Gasteiger partial charge in [0.25, 0.3) is 0 Å². The number of rotatable bonds is 0. The topological polar surface area (TPSA) is 12.0 Å². The van der Waals surface area contributed by atoms with Gasteiger partial charge in [-0.25, -0.2) is 0 Å². The summed E-state index contributed by atoms with van der Waals surface area (Å²) in [5.41, 5.74) is 1.53. The van der Waals surface area contributed by atoms with E-state index in [4.69, 9.17) is 0 Å². The van der Waals surface area contributed by atoms with Crippen LogP contribution in [0.15, 0.2) is 11.6 Å². The minimum Gasteiger partial charge on any atom is -0.311 e. The van der Waals surface area contributed by atoms with Crippen molar-refractivity contribution in [2.75, 3.05) is 6.54 Å². The van der Waals surface area contributed by atoms with E-state index in [0.717, 1.165) is 6.54 Å². The highest BCUT2D eigenvalue weighted by Crippen LogP contribution is 2.08. The summed E-state index contributed by atoms with van der Waals surface area (Å²) in [6.45, 7) is 5.51. The van der Waals surface area contributed by atoms with E-state index in [2.05, 4.69) is 25.2 Å². The zero-order valence-electron chi connectivity index (χ0n) is 6.28. The van der Waals surface area contributed by atoms with Crippen molar-refractivity contribution in [3.8, 4) is 0 Å². The summed E-state index contributed by atoms with van der Waals surface area (Å²) in [4.78, 5) is 0. The second-order valence-electron chi connectivity index (χ2n) is 2.90. The van der Waals surface area contributed by atoms with Gasteiger partial charge in [-0.2, -0.15) is 0 Å². The van der Waals surface area contributed by atoms with Gasteiger partial charge in [0, 0.05) is 12.6 Å². The minimum atomic E-state index is 0.707. The van der Waals surface area contributed by atoms with Gasteiger partial charge >= 0.3 is 0 Å². The molecule has 52 valence electrons. The maximum atomic E-state index is 3.40. The zero-order valence-corrected chi connectivity index (χ0v) is 6.28. The van der Waals surface area contributed by atoms with Gasteiger partial charge in [-0.3, -0.25) is 0 Å². The molecule has 0 aromatic heterocycles. The van der Waals surface area contributed by atoms with Crippen molar-refractivity contribution in [1.29, 1.82) is 0 Å². The van der Waals surface area contributed by atoms with Crippen LogP contribution >= 0.6 is 0 Å². The monoisotopic (exact) mass is 125 g/mol. The van der Waals surface area contributed by atoms with Crippen molar-refractivity contribution in [2.24, 2.45) is 0 Å². The van der Waals surface area contributed by atoms with Crippen molar-refractivity contribution in [3.63, 3.8) is 0 Å². The molecule has 1 aliphatic heterocycles. The molecule has 1 rings (SSSR count). The van der Waals surface area contributed by atoms with Crippen LogP contribution in [0, 0.1) is 0 Å². The number of nitrogens with one attached hydrogen (secondary N) is 1. The lowest BCUT2D eigenvalue weighted by Crippen LogP contribution is -2.24. The third-order valence-corrected chi connectivity index (χ3v) is 1.89. The Bertz CT molecular complexity index is 116. The minimum absolute atomic E-state index is 0.707. The maximum Gasteiger partial charge on any atom is 0.0139 e. The first kappa shape index (κ1) is 6.81. The molecular weight excluding hydrogens is 110 g/mol. The van der Waals surface area contributed by atoms with E-state index in [9.17, 15) is 0 Å². The van der Waals surface area contributed by atoms with E-state index in [1.54, 1.807) is 0 Å². The van der Waals surface area contributed by atoms with Gasteiger partial charge in [0.2, 0.25) is 0 Å². The Morgan fingerprint density at radius 2 is 2.44 bits per heavy atom. The highest BCUT2D eigenvalue weighted by Gasteiger charge is 2.03. The van der Waals surface area contributed by atoms with E-state index in [1.807, 2.05) is 0 Å². The Balaban J connectivity index is 2.39. The first-order valence-electron chi connectivity index (χ1n) is 3.68. The summed E-state index contributed by atoms with van der Waals surface area (Å²) in [7, 11) is 0. The summed E-state index contributed by atoms with van der Waals surface area (Å²) < 4.78 is 0. The molecule has 0 saturated carbocycles. The molecule has 1 N–H and O–H groups in total. The second kappa shape index (κ2) is 3.02. The predicted molar refractivity (Wildman–Crippen MR) is 40.5 cm³/mol. The van der Waals surface area contributed by atoms with E-state index < -0.39 is 0 Å². The Hall–Kier alpha value is -0.300. The molecule has 1 aliphatic rings. The SMILES string of the molecule is CC1=CCNC(C)CC1. The molecule has 0 saturated heterocycles. The molecule has 0 aliphatic carbocycles. The van der Waals surface area contributed by atoms with Gasteiger partial charge in [-0.1, -0.05) is 11.6 Å². The summed E-state index contributed by atoms with van der Waals surface area (Å²) >= 11 is 0. The summed E-state index contributed by atoms with van der Waals surface area (Å²) in [5, 5.41) is 3.40. The van der Waals surface area contributed by atoms with E-state index in [-0.39, 0.29) is 0 Å². The molecule has 0 radical (unpaired) electrons. The van der Waals surface area contributed by atoms with Crippen molar-refractivity contribution in [1.82, 2.24) is 5.32 Å². The molecule has 0 aromatic carbocycles. The maximum absolute atomic E-state index is 3.40. The molecule has 1 nitrogen and oxygen atoms in total.